The summed E-state index contributed by atoms with van der Waals surface area (Å²) >= 11 is 0. The second kappa shape index (κ2) is 11.4. The molecule has 0 aromatic heterocycles. The minimum Gasteiger partial charge on any atom is -0.508 e. The molecule has 164 valence electrons. The Bertz CT molecular complexity index is 796. The van der Waals surface area contributed by atoms with E-state index in [-0.39, 0.29) is 18.7 Å². The van der Waals surface area contributed by atoms with Crippen molar-refractivity contribution in [2.75, 3.05) is 6.54 Å². The van der Waals surface area contributed by atoms with Crippen LogP contribution < -0.4 is 21.7 Å². The van der Waals surface area contributed by atoms with Gasteiger partial charge in [0.15, 0.2) is 0 Å². The van der Waals surface area contributed by atoms with Crippen LogP contribution in [0.15, 0.2) is 24.3 Å². The molecule has 0 aliphatic carbocycles. The first-order valence-electron chi connectivity index (χ1n) is 8.86. The molecule has 0 spiro atoms. The molecule has 0 radical (unpaired) electrons. The fourth-order valence-electron chi connectivity index (χ4n) is 2.38. The van der Waals surface area contributed by atoms with E-state index < -0.39 is 54.2 Å². The molecule has 0 unspecified atom stereocenters. The van der Waals surface area contributed by atoms with E-state index in [2.05, 4.69) is 10.6 Å². The summed E-state index contributed by atoms with van der Waals surface area (Å²) in [6, 6.07) is 1.91. The molecule has 0 saturated carbocycles. The van der Waals surface area contributed by atoms with Gasteiger partial charge in [-0.1, -0.05) is 12.1 Å². The molecule has 1 rings (SSSR count). The highest BCUT2D eigenvalue weighted by molar-refractivity contribution is 5.94. The van der Waals surface area contributed by atoms with E-state index in [1.165, 1.54) is 19.1 Å². The molecular formula is C18H24N4O8. The maximum Gasteiger partial charge on any atom is 0.326 e. The van der Waals surface area contributed by atoms with E-state index in [9.17, 15) is 29.1 Å². The van der Waals surface area contributed by atoms with Crippen molar-refractivity contribution in [1.29, 1.82) is 0 Å². The second-order valence-electron chi connectivity index (χ2n) is 6.42. The van der Waals surface area contributed by atoms with Crippen molar-refractivity contribution in [3.63, 3.8) is 0 Å². The molecule has 30 heavy (non-hydrogen) atoms. The molecule has 3 atom stereocenters. The lowest BCUT2D eigenvalue weighted by Gasteiger charge is -2.22. The van der Waals surface area contributed by atoms with Gasteiger partial charge in [0.2, 0.25) is 17.7 Å². The van der Waals surface area contributed by atoms with Gasteiger partial charge in [-0.05, 0) is 24.6 Å². The van der Waals surface area contributed by atoms with E-state index in [4.69, 9.17) is 15.9 Å². The second-order valence-corrected chi connectivity index (χ2v) is 6.42. The van der Waals surface area contributed by atoms with Crippen LogP contribution in [0, 0.1) is 0 Å². The minimum atomic E-state index is -1.67. The van der Waals surface area contributed by atoms with Crippen LogP contribution in [-0.4, -0.2) is 69.7 Å². The van der Waals surface area contributed by atoms with Gasteiger partial charge in [-0.25, -0.2) is 4.79 Å². The number of hydrogen-bond acceptors (Lipinski definition) is 7. The molecular weight excluding hydrogens is 400 g/mol. The Morgan fingerprint density at radius 3 is 2.03 bits per heavy atom. The number of benzene rings is 1. The molecule has 3 amide bonds. The zero-order valence-electron chi connectivity index (χ0n) is 16.1. The Hall–Kier alpha value is -3.67. The summed E-state index contributed by atoms with van der Waals surface area (Å²) in [4.78, 5) is 58.2. The smallest absolute Gasteiger partial charge is 0.326 e. The lowest BCUT2D eigenvalue weighted by molar-refractivity contribution is -0.147. The molecule has 1 aromatic carbocycles. The molecule has 0 bridgehead atoms. The van der Waals surface area contributed by atoms with Gasteiger partial charge < -0.3 is 37.0 Å². The van der Waals surface area contributed by atoms with Crippen LogP contribution in [0.4, 0.5) is 0 Å². The normalized spacial score (nSPS) is 13.4. The van der Waals surface area contributed by atoms with Gasteiger partial charge in [0.25, 0.3) is 0 Å². The van der Waals surface area contributed by atoms with Crippen molar-refractivity contribution in [1.82, 2.24) is 16.0 Å². The van der Waals surface area contributed by atoms with Crippen LogP contribution in [0.25, 0.3) is 0 Å². The number of carboxylic acid groups (broad SMARTS) is 2. The van der Waals surface area contributed by atoms with E-state index in [0.29, 0.717) is 5.56 Å². The molecule has 0 aliphatic rings. The van der Waals surface area contributed by atoms with Crippen LogP contribution in [0.5, 0.6) is 5.75 Å². The van der Waals surface area contributed by atoms with Gasteiger partial charge in [-0.2, -0.15) is 0 Å². The predicted molar refractivity (Wildman–Crippen MR) is 102 cm³/mol. The number of nitrogens with two attached hydrogens (primary N) is 1. The maximum atomic E-state index is 12.6. The zero-order chi connectivity index (χ0) is 22.8. The van der Waals surface area contributed by atoms with Gasteiger partial charge in [0.1, 0.15) is 23.9 Å². The van der Waals surface area contributed by atoms with Gasteiger partial charge in [-0.15, -0.1) is 0 Å². The minimum absolute atomic E-state index is 0.0189. The third-order valence-electron chi connectivity index (χ3n) is 3.96. The third kappa shape index (κ3) is 8.14. The van der Waals surface area contributed by atoms with Crippen LogP contribution in [0.3, 0.4) is 0 Å². The van der Waals surface area contributed by atoms with Gasteiger partial charge in [-0.3, -0.25) is 19.2 Å². The van der Waals surface area contributed by atoms with Crippen molar-refractivity contribution in [2.24, 2.45) is 5.73 Å². The van der Waals surface area contributed by atoms with Crippen molar-refractivity contribution in [3.05, 3.63) is 29.8 Å². The largest absolute Gasteiger partial charge is 0.508 e. The van der Waals surface area contributed by atoms with Gasteiger partial charge in [0.05, 0.1) is 13.0 Å². The summed E-state index contributed by atoms with van der Waals surface area (Å²) in [7, 11) is 0. The number of aliphatic carboxylic acids is 2. The fraction of sp³-hybridized carbons (Fsp3) is 0.389. The van der Waals surface area contributed by atoms with Crippen molar-refractivity contribution < 1.29 is 39.3 Å². The lowest BCUT2D eigenvalue weighted by Crippen LogP contribution is -2.56. The highest BCUT2D eigenvalue weighted by Gasteiger charge is 2.28. The Kier molecular flexibility index (Phi) is 9.23. The third-order valence-corrected chi connectivity index (χ3v) is 3.96. The Labute approximate surface area is 171 Å². The number of hydrogen-bond donors (Lipinski definition) is 7. The van der Waals surface area contributed by atoms with Crippen molar-refractivity contribution in [2.45, 2.75) is 37.9 Å². The average molecular weight is 424 g/mol. The number of carbonyl (C=O) groups is 5. The van der Waals surface area contributed by atoms with E-state index in [1.54, 1.807) is 12.1 Å². The molecule has 0 heterocycles. The standard InChI is InChI=1S/C18H24N4O8/c1-9(16(27)22-13(18(29)30)7-15(25)26)20-17(28)12(21-14(24)8-19)6-10-2-4-11(23)5-3-10/h2-5,9,12-13,23H,6-8,19H2,1H3,(H,20,28)(H,21,24)(H,22,27)(H,25,26)(H,29,30)/t9-,12+,13-/m0/s1. The Balaban J connectivity index is 2.83. The monoisotopic (exact) mass is 424 g/mol. The highest BCUT2D eigenvalue weighted by Crippen LogP contribution is 2.11. The van der Waals surface area contributed by atoms with E-state index >= 15 is 0 Å². The van der Waals surface area contributed by atoms with Crippen molar-refractivity contribution >= 4 is 29.7 Å². The molecule has 0 aliphatic heterocycles. The number of amides is 3. The molecule has 1 aromatic rings. The summed E-state index contributed by atoms with van der Waals surface area (Å²) in [5.41, 5.74) is 5.87. The number of phenolic OH excluding ortho intramolecular Hbond substituents is 1. The summed E-state index contributed by atoms with van der Waals surface area (Å²) in [5, 5.41) is 33.8. The van der Waals surface area contributed by atoms with Crippen LogP contribution in [-0.2, 0) is 30.4 Å². The fourth-order valence-corrected chi connectivity index (χ4v) is 2.38. The molecule has 0 saturated heterocycles. The number of phenols is 1. The van der Waals surface area contributed by atoms with Crippen LogP contribution >= 0.6 is 0 Å². The van der Waals surface area contributed by atoms with Crippen molar-refractivity contribution in [3.8, 4) is 5.75 Å². The Morgan fingerprint density at radius 1 is 0.933 bits per heavy atom. The summed E-state index contributed by atoms with van der Waals surface area (Å²) < 4.78 is 0. The summed E-state index contributed by atoms with van der Waals surface area (Å²) in [6.45, 7) is 0.903. The zero-order valence-corrected chi connectivity index (χ0v) is 16.1. The molecule has 12 heteroatoms. The van der Waals surface area contributed by atoms with Crippen LogP contribution in [0.2, 0.25) is 0 Å². The highest BCUT2D eigenvalue weighted by atomic mass is 16.4. The van der Waals surface area contributed by atoms with E-state index in [1.807, 2.05) is 5.32 Å². The average Bonchev–Trinajstić information content (AvgIpc) is 2.67. The van der Waals surface area contributed by atoms with Crippen LogP contribution in [0.1, 0.15) is 18.9 Å². The van der Waals surface area contributed by atoms with Gasteiger partial charge in [0, 0.05) is 6.42 Å². The predicted octanol–water partition coefficient (Wildman–Crippen LogP) is -2.07. The molecule has 0 fully saturated rings. The molecule has 8 N–H and O–H groups in total. The first kappa shape index (κ1) is 24.4. The topological polar surface area (TPSA) is 208 Å². The quantitative estimate of drug-likeness (QED) is 0.208. The molecule has 12 nitrogen and oxygen atoms in total. The first-order chi connectivity index (χ1) is 14.0. The number of aromatic hydroxyl groups is 1. The maximum absolute atomic E-state index is 12.6. The number of carboxylic acids is 2. The SMILES string of the molecule is C[C@H](NC(=O)[C@@H](Cc1ccc(O)cc1)NC(=O)CN)C(=O)N[C@@H](CC(=O)O)C(=O)O. The number of carbonyl (C=O) groups excluding carboxylic acids is 3. The first-order valence-corrected chi connectivity index (χ1v) is 8.86. The Morgan fingerprint density at radius 2 is 1.53 bits per heavy atom. The number of rotatable bonds is 11. The number of nitrogens with one attached hydrogen (secondary N) is 3. The lowest BCUT2D eigenvalue weighted by atomic mass is 10.0. The summed E-state index contributed by atoms with van der Waals surface area (Å²) in [5.74, 6) is -5.20. The summed E-state index contributed by atoms with van der Waals surface area (Å²) in [6.07, 6.45) is -0.805. The van der Waals surface area contributed by atoms with Gasteiger partial charge >= 0.3 is 11.9 Å². The van der Waals surface area contributed by atoms with E-state index in [0.717, 1.165) is 0 Å².